The fraction of sp³-hybridized carbons (Fsp3) is 0.960. The monoisotopic (exact) mass is 685 g/mol. The third kappa shape index (κ3) is 43.3. The maximum absolute atomic E-state index is 6.25. The molecule has 0 rings (SSSR count). The molecule has 0 aliphatic heterocycles. The summed E-state index contributed by atoms with van der Waals surface area (Å²) in [6.45, 7) is 18.8. The quantitative estimate of drug-likeness (QED) is 0.120. The third-order valence-electron chi connectivity index (χ3n) is 5.30. The number of unbranched alkanes of at least 4 members (excludes halogenated alkanes) is 6. The number of nitrogens with zero attached hydrogens (tertiary/aromatic N) is 1. The summed E-state index contributed by atoms with van der Waals surface area (Å²) in [7, 11) is 0. The molecule has 0 N–H and O–H groups in total. The predicted octanol–water partition coefficient (Wildman–Crippen LogP) is 6.48. The van der Waals surface area contributed by atoms with Crippen molar-refractivity contribution < 1.29 is 35.9 Å². The zero-order valence-electron chi connectivity index (χ0n) is 23.0. The molecule has 0 aliphatic rings. The molecule has 0 atom stereocenters. The van der Waals surface area contributed by atoms with Crippen LogP contribution in [0.25, 0.3) is 0 Å². The van der Waals surface area contributed by atoms with Crippen LogP contribution in [-0.4, -0.2) is 58.4 Å². The van der Waals surface area contributed by atoms with Crippen molar-refractivity contribution in [2.75, 3.05) is 0 Å². The Morgan fingerprint density at radius 1 is 0.452 bits per heavy atom. The maximum Gasteiger partial charge on any atom is 1.00 e. The molecule has 0 heterocycles. The molecule has 6 heteroatoms. The molecule has 31 heavy (non-hydrogen) atoms. The van der Waals surface area contributed by atoms with Gasteiger partial charge in [0.05, 0.1) is 0 Å². The van der Waals surface area contributed by atoms with E-state index in [2.05, 4.69) is 41.5 Å². The topological polar surface area (TPSA) is 23.8 Å². The maximum atomic E-state index is 6.25. The molecule has 0 saturated heterocycles. The van der Waals surface area contributed by atoms with Crippen LogP contribution in [0.4, 0.5) is 0 Å². The van der Waals surface area contributed by atoms with Crippen LogP contribution < -0.4 is 18.9 Å². The molecule has 0 fully saturated rings. The Hall–Kier alpha value is 2.80. The second-order valence-electron chi connectivity index (χ2n) is 8.12. The molecule has 4 radical (unpaired) electrons. The molecule has 180 valence electrons. The van der Waals surface area contributed by atoms with Crippen LogP contribution in [0.5, 0.6) is 0 Å². The molecule has 0 aromatic carbocycles. The van der Waals surface area contributed by atoms with Crippen molar-refractivity contribution in [3.05, 3.63) is 6.57 Å². The largest absolute Gasteiger partial charge is 1.00 e. The fourth-order valence-electron chi connectivity index (χ4n) is 3.31. The van der Waals surface area contributed by atoms with Crippen molar-refractivity contribution in [1.82, 2.24) is 0 Å². The van der Waals surface area contributed by atoms with E-state index in [1.165, 1.54) is 77.0 Å². The van der Waals surface area contributed by atoms with Crippen LogP contribution in [0, 0.1) is 11.8 Å². The van der Waals surface area contributed by atoms with Gasteiger partial charge in [0.25, 0.3) is 0 Å². The van der Waals surface area contributed by atoms with E-state index in [1.807, 2.05) is 0 Å². The van der Waals surface area contributed by atoms with Gasteiger partial charge in [-0.1, -0.05) is 0 Å². The Morgan fingerprint density at radius 2 is 0.581 bits per heavy atom. The van der Waals surface area contributed by atoms with Gasteiger partial charge < -0.3 is 11.8 Å². The zero-order valence-corrected chi connectivity index (χ0v) is 29.6. The van der Waals surface area contributed by atoms with Gasteiger partial charge in [0, 0.05) is 35.9 Å². The zero-order chi connectivity index (χ0) is 21.9. The van der Waals surface area contributed by atoms with Crippen molar-refractivity contribution in [1.29, 1.82) is 5.26 Å². The van der Waals surface area contributed by atoms with Crippen LogP contribution in [-0.2, 0) is 17.1 Å². The number of hydrogen-bond acceptors (Lipinski definition) is 1. The van der Waals surface area contributed by atoms with Gasteiger partial charge in [-0.25, -0.2) is 0 Å². The second-order valence-corrected chi connectivity index (χ2v) is 25.2. The second kappa shape index (κ2) is 46.2. The third-order valence-corrected chi connectivity index (χ3v) is 23.5. The van der Waals surface area contributed by atoms with Crippen molar-refractivity contribution >= 4 is 58.4 Å². The van der Waals surface area contributed by atoms with E-state index in [-0.39, 0.29) is 54.8 Å². The van der Waals surface area contributed by atoms with Crippen LogP contribution >= 0.6 is 0 Å². The number of rotatable bonds is 18. The first-order valence-electron chi connectivity index (χ1n) is 12.6. The molecule has 0 bridgehead atoms. The number of hydrogen-bond donors (Lipinski definition) is 0. The van der Waals surface area contributed by atoms with Gasteiger partial charge in [-0.05, 0) is 0 Å². The summed E-state index contributed by atoms with van der Waals surface area (Å²) in [5, 5.41) is 6.25. The van der Waals surface area contributed by atoms with Crippen LogP contribution in [0.2, 0.25) is 26.6 Å². The van der Waals surface area contributed by atoms with E-state index in [0.29, 0.717) is 0 Å². The Kier molecular flexibility index (Phi) is 70.1. The molecule has 0 unspecified atom stereocenters. The van der Waals surface area contributed by atoms with E-state index in [0.717, 1.165) is 0 Å². The first-order chi connectivity index (χ1) is 13.7. The SMILES string of the molecule is CCC[CH2][Sn]([CH2]CCC)[CH2]CCC.CCC[CH2][Sn]([CH2]CCC)[CH2]CCC.[C-]#N.[Cu].[Li+].[Li]. The molecule has 0 amide bonds. The first kappa shape index (κ1) is 47.1. The first-order valence-corrected chi connectivity index (χ1v) is 24.7. The predicted molar refractivity (Wildman–Crippen MR) is 141 cm³/mol. The van der Waals surface area contributed by atoms with E-state index in [9.17, 15) is 0 Å². The summed E-state index contributed by atoms with van der Waals surface area (Å²) in [5.41, 5.74) is 0. The minimum atomic E-state index is -0.839. The molecule has 0 spiro atoms. The summed E-state index contributed by atoms with van der Waals surface area (Å²) >= 11 is -1.68. The van der Waals surface area contributed by atoms with Gasteiger partial charge in [0.15, 0.2) is 0 Å². The standard InChI is InChI=1S/6C4H9.CN.Cu.2Li.2Sn/c6*1-3-4-2;1-2;;;;;/h6*1,3-4H2,2H3;;;;;;/q;;;;;;-1;;;+1;;. The summed E-state index contributed by atoms with van der Waals surface area (Å²) in [4.78, 5) is 0. The normalized spacial score (nSPS) is 9.35. The molecule has 0 aromatic heterocycles. The van der Waals surface area contributed by atoms with Gasteiger partial charge in [-0.3, -0.25) is 0 Å². The molecule has 0 aromatic rings. The summed E-state index contributed by atoms with van der Waals surface area (Å²) in [5.74, 6) is 0. The minimum Gasteiger partial charge on any atom is -0.512 e. The van der Waals surface area contributed by atoms with Crippen molar-refractivity contribution in [2.24, 2.45) is 0 Å². The van der Waals surface area contributed by atoms with Gasteiger partial charge in [-0.15, -0.1) is 0 Å². The molecule has 1 nitrogen and oxygen atoms in total. The van der Waals surface area contributed by atoms with E-state index in [4.69, 9.17) is 11.8 Å². The summed E-state index contributed by atoms with van der Waals surface area (Å²) in [6, 6.07) is 0. The van der Waals surface area contributed by atoms with Gasteiger partial charge >= 0.3 is 204 Å². The fourth-order valence-corrected chi connectivity index (χ4v) is 22.2. The Morgan fingerprint density at radius 3 is 0.677 bits per heavy atom. The van der Waals surface area contributed by atoms with Gasteiger partial charge in [0.2, 0.25) is 0 Å². The van der Waals surface area contributed by atoms with Crippen LogP contribution in [0.3, 0.4) is 0 Å². The Labute approximate surface area is 248 Å². The van der Waals surface area contributed by atoms with Crippen LogP contribution in [0.1, 0.15) is 119 Å². The Bertz CT molecular complexity index is 223. The minimum absolute atomic E-state index is 0. The summed E-state index contributed by atoms with van der Waals surface area (Å²) in [6.07, 6.45) is 17.7. The van der Waals surface area contributed by atoms with Crippen LogP contribution in [0.15, 0.2) is 0 Å². The average Bonchev–Trinajstić information content (AvgIpc) is 2.74. The van der Waals surface area contributed by atoms with E-state index in [1.54, 1.807) is 26.6 Å². The van der Waals surface area contributed by atoms with E-state index >= 15 is 0 Å². The van der Waals surface area contributed by atoms with Gasteiger partial charge in [0.1, 0.15) is 0 Å². The smallest absolute Gasteiger partial charge is 0.512 e. The Balaban J connectivity index is -0.0000000855. The molecule has 0 aliphatic carbocycles. The summed E-state index contributed by atoms with van der Waals surface area (Å²) < 4.78 is 10.1. The van der Waals surface area contributed by atoms with Crippen molar-refractivity contribution in [3.8, 4) is 0 Å². The average molecular weight is 684 g/mol. The molecular formula is C25H54CuLi2NSn2. The molecular weight excluding hydrogens is 629 g/mol. The van der Waals surface area contributed by atoms with E-state index < -0.39 is 39.5 Å². The van der Waals surface area contributed by atoms with Gasteiger partial charge in [-0.2, -0.15) is 0 Å². The molecule has 0 saturated carbocycles. The van der Waals surface area contributed by atoms with Crippen molar-refractivity contribution in [3.63, 3.8) is 0 Å². The van der Waals surface area contributed by atoms with Crippen molar-refractivity contribution in [2.45, 2.75) is 145 Å².